The van der Waals surface area contributed by atoms with Crippen molar-refractivity contribution in [3.05, 3.63) is 0 Å². The van der Waals surface area contributed by atoms with Gasteiger partial charge in [-0.05, 0) is 75.0 Å². The lowest BCUT2D eigenvalue weighted by Gasteiger charge is -2.41. The van der Waals surface area contributed by atoms with Crippen LogP contribution in [0.1, 0.15) is 51.4 Å². The van der Waals surface area contributed by atoms with Gasteiger partial charge in [-0.1, -0.05) is 23.7 Å². The fraction of sp³-hybridized carbons (Fsp3) is 0.714. The smallest absolute Gasteiger partial charge is 0.148 e. The highest BCUT2D eigenvalue weighted by Gasteiger charge is 2.44. The lowest BCUT2D eigenvalue weighted by atomic mass is 9.75. The Kier molecular flexibility index (Phi) is 10.7. The van der Waals surface area contributed by atoms with E-state index in [0.717, 1.165) is 0 Å². The molecule has 0 atom stereocenters. The predicted octanol–water partition coefficient (Wildman–Crippen LogP) is 2.60. The van der Waals surface area contributed by atoms with Crippen LogP contribution in [0.2, 0.25) is 0 Å². The van der Waals surface area contributed by atoms with Gasteiger partial charge in [0.25, 0.3) is 0 Å². The second-order valence-corrected chi connectivity index (χ2v) is 9.18. The zero-order chi connectivity index (χ0) is 25.8. The molecule has 0 heterocycles. The maximum atomic E-state index is 6.06. The van der Waals surface area contributed by atoms with Crippen molar-refractivity contribution in [3.8, 4) is 47.4 Å². The predicted molar refractivity (Wildman–Crippen MR) is 131 cm³/mol. The first-order chi connectivity index (χ1) is 17.5. The summed E-state index contributed by atoms with van der Waals surface area (Å²) in [4.78, 5) is 0. The summed E-state index contributed by atoms with van der Waals surface area (Å²) in [5.41, 5.74) is -2.81. The summed E-state index contributed by atoms with van der Waals surface area (Å²) < 4.78 is 44.9. The Labute approximate surface area is 214 Å². The molecule has 2 saturated carbocycles. The van der Waals surface area contributed by atoms with Gasteiger partial charge in [0, 0.05) is 28.4 Å². The van der Waals surface area contributed by atoms with E-state index in [9.17, 15) is 0 Å². The van der Waals surface area contributed by atoms with Gasteiger partial charge in [0.15, 0.2) is 0 Å². The van der Waals surface area contributed by atoms with Crippen molar-refractivity contribution in [1.82, 2.24) is 0 Å². The standard InChI is InChI=1S/C28H36O8/c1-29-21-33-25-9-5-6-10-27(35-23-31-3)17-19-28(20-18-27,36-24-32-4)12-8-7-11-26(15-13-25,16-14-25)34-22-30-2/h13-24H2,1-4H3. The van der Waals surface area contributed by atoms with Crippen LogP contribution in [0.5, 0.6) is 0 Å². The number of ether oxygens (including phenoxy) is 8. The van der Waals surface area contributed by atoms with Crippen molar-refractivity contribution in [3.63, 3.8) is 0 Å². The molecule has 0 unspecified atom stereocenters. The fourth-order valence-electron chi connectivity index (χ4n) is 4.60. The third kappa shape index (κ3) is 7.47. The van der Waals surface area contributed by atoms with Gasteiger partial charge < -0.3 is 37.9 Å². The van der Waals surface area contributed by atoms with Crippen molar-refractivity contribution in [2.75, 3.05) is 55.6 Å². The summed E-state index contributed by atoms with van der Waals surface area (Å²) in [5, 5.41) is 0. The van der Waals surface area contributed by atoms with E-state index in [1.54, 1.807) is 28.4 Å². The maximum Gasteiger partial charge on any atom is 0.148 e. The van der Waals surface area contributed by atoms with E-state index in [1.165, 1.54) is 0 Å². The third-order valence-electron chi connectivity index (χ3n) is 6.83. The number of rotatable bonds is 12. The molecule has 196 valence electrons. The molecular weight excluding hydrogens is 464 g/mol. The molecule has 0 aliphatic heterocycles. The van der Waals surface area contributed by atoms with E-state index in [1.807, 2.05) is 0 Å². The average molecular weight is 501 g/mol. The lowest BCUT2D eigenvalue weighted by molar-refractivity contribution is -0.161. The molecule has 8 heteroatoms. The SMILES string of the molecule is COCOC12C#CC#CC3(OCOC)CCC(OCOC)(C#CC#CC(OCOC)(CC1)CC2)CC3. The van der Waals surface area contributed by atoms with Gasteiger partial charge in [0.05, 0.1) is 0 Å². The Bertz CT molecular complexity index is 798. The zero-order valence-corrected chi connectivity index (χ0v) is 21.8. The first-order valence-electron chi connectivity index (χ1n) is 12.1. The third-order valence-corrected chi connectivity index (χ3v) is 6.83. The highest BCUT2D eigenvalue weighted by atomic mass is 16.7. The minimum absolute atomic E-state index is 0.135. The summed E-state index contributed by atoms with van der Waals surface area (Å²) in [6.07, 6.45) is 4.80. The minimum atomic E-state index is -0.703. The Morgan fingerprint density at radius 1 is 0.389 bits per heavy atom. The van der Waals surface area contributed by atoms with Crippen LogP contribution < -0.4 is 0 Å². The topological polar surface area (TPSA) is 73.8 Å². The molecule has 8 nitrogen and oxygen atoms in total. The molecule has 6 aliphatic rings. The minimum Gasteiger partial charge on any atom is -0.359 e. The molecule has 0 aromatic carbocycles. The van der Waals surface area contributed by atoms with Gasteiger partial charge in [0.2, 0.25) is 0 Å². The van der Waals surface area contributed by atoms with E-state index < -0.39 is 22.4 Å². The Morgan fingerprint density at radius 3 is 0.750 bits per heavy atom. The quantitative estimate of drug-likeness (QED) is 0.299. The van der Waals surface area contributed by atoms with E-state index in [2.05, 4.69) is 47.4 Å². The highest BCUT2D eigenvalue weighted by Crippen LogP contribution is 2.40. The molecule has 6 rings (SSSR count). The van der Waals surface area contributed by atoms with Crippen molar-refractivity contribution < 1.29 is 37.9 Å². The lowest BCUT2D eigenvalue weighted by Crippen LogP contribution is -2.45. The number of methoxy groups -OCH3 is 4. The molecule has 0 N–H and O–H groups in total. The number of hydrogen-bond acceptors (Lipinski definition) is 8. The van der Waals surface area contributed by atoms with Gasteiger partial charge in [-0.25, -0.2) is 0 Å². The Balaban J connectivity index is 2.01. The molecule has 0 aromatic rings. The van der Waals surface area contributed by atoms with Crippen molar-refractivity contribution in [2.24, 2.45) is 0 Å². The summed E-state index contributed by atoms with van der Waals surface area (Å²) >= 11 is 0. The monoisotopic (exact) mass is 500 g/mol. The normalized spacial score (nSPS) is 32.8. The second-order valence-electron chi connectivity index (χ2n) is 9.18. The van der Waals surface area contributed by atoms with Crippen LogP contribution in [0.15, 0.2) is 0 Å². The van der Waals surface area contributed by atoms with Crippen molar-refractivity contribution in [2.45, 2.75) is 73.8 Å². The molecule has 2 fully saturated rings. The average Bonchev–Trinajstić information content (AvgIpc) is 2.91. The van der Waals surface area contributed by atoms with Crippen LogP contribution in [-0.4, -0.2) is 78.0 Å². The van der Waals surface area contributed by atoms with Crippen molar-refractivity contribution in [1.29, 1.82) is 0 Å². The molecule has 0 radical (unpaired) electrons. The summed E-state index contributed by atoms with van der Waals surface area (Å²) in [7, 11) is 6.37. The molecule has 6 aliphatic carbocycles. The Morgan fingerprint density at radius 2 is 0.583 bits per heavy atom. The molecule has 0 amide bonds. The first kappa shape index (κ1) is 28.5. The molecule has 0 saturated heterocycles. The van der Waals surface area contributed by atoms with Crippen LogP contribution in [-0.2, 0) is 37.9 Å². The first-order valence-corrected chi connectivity index (χ1v) is 12.1. The highest BCUT2D eigenvalue weighted by molar-refractivity contribution is 5.38. The van der Waals surface area contributed by atoms with Crippen LogP contribution in [0, 0.1) is 47.4 Å². The van der Waals surface area contributed by atoms with E-state index in [-0.39, 0.29) is 27.2 Å². The van der Waals surface area contributed by atoms with E-state index in [4.69, 9.17) is 37.9 Å². The zero-order valence-electron chi connectivity index (χ0n) is 21.8. The van der Waals surface area contributed by atoms with Crippen LogP contribution in [0.3, 0.4) is 0 Å². The Hall–Kier alpha value is -2.08. The van der Waals surface area contributed by atoms with Gasteiger partial charge in [0.1, 0.15) is 49.6 Å². The molecule has 36 heavy (non-hydrogen) atoms. The van der Waals surface area contributed by atoms with E-state index >= 15 is 0 Å². The van der Waals surface area contributed by atoms with Crippen molar-refractivity contribution >= 4 is 0 Å². The van der Waals surface area contributed by atoms with Crippen LogP contribution in [0.4, 0.5) is 0 Å². The van der Waals surface area contributed by atoms with Gasteiger partial charge >= 0.3 is 0 Å². The maximum absolute atomic E-state index is 6.06. The van der Waals surface area contributed by atoms with Crippen LogP contribution in [0.25, 0.3) is 0 Å². The van der Waals surface area contributed by atoms with Gasteiger partial charge in [-0.3, -0.25) is 0 Å². The van der Waals surface area contributed by atoms with Crippen LogP contribution >= 0.6 is 0 Å². The molecule has 0 aromatic heterocycles. The fourth-order valence-corrected chi connectivity index (χ4v) is 4.60. The number of hydrogen-bond donors (Lipinski definition) is 0. The molecule has 4 bridgehead atoms. The molecular formula is C28H36O8. The van der Waals surface area contributed by atoms with Gasteiger partial charge in [-0.2, -0.15) is 0 Å². The summed E-state index contributed by atoms with van der Waals surface area (Å²) in [6, 6.07) is 0. The molecule has 0 spiro atoms. The largest absolute Gasteiger partial charge is 0.359 e. The van der Waals surface area contributed by atoms with Gasteiger partial charge in [-0.15, -0.1) is 0 Å². The van der Waals surface area contributed by atoms with E-state index in [0.29, 0.717) is 51.4 Å². The summed E-state index contributed by atoms with van der Waals surface area (Å²) in [6.45, 7) is 0.538. The summed E-state index contributed by atoms with van der Waals surface area (Å²) in [5.74, 6) is 25.2. The second kappa shape index (κ2) is 13.5.